The third-order valence-electron chi connectivity index (χ3n) is 6.05. The van der Waals surface area contributed by atoms with Crippen molar-refractivity contribution >= 4 is 45.6 Å². The second-order valence-corrected chi connectivity index (χ2v) is 9.51. The first-order valence-corrected chi connectivity index (χ1v) is 12.8. The number of para-hydroxylation sites is 2. The highest BCUT2D eigenvalue weighted by Gasteiger charge is 2.16. The molecule has 0 radical (unpaired) electrons. The average molecular weight is 516 g/mol. The van der Waals surface area contributed by atoms with Gasteiger partial charge in [-0.2, -0.15) is 0 Å². The highest BCUT2D eigenvalue weighted by molar-refractivity contribution is 6.30. The van der Waals surface area contributed by atoms with Crippen molar-refractivity contribution in [2.24, 2.45) is 10.7 Å². The molecule has 7 heteroatoms. The van der Waals surface area contributed by atoms with Gasteiger partial charge in [-0.15, -0.1) is 0 Å². The number of halogens is 2. The SMILES string of the molecule is NCCCCCN=c1cc2n(-c3ccc(Cl)cc3)c3ccccc3nc-2cc1Nc1ccc(Cl)cc1. The molecular weight excluding hydrogens is 489 g/mol. The normalized spacial score (nSPS) is 11.9. The van der Waals surface area contributed by atoms with Gasteiger partial charge >= 0.3 is 0 Å². The van der Waals surface area contributed by atoms with Gasteiger partial charge in [0.2, 0.25) is 0 Å². The van der Waals surface area contributed by atoms with Crippen molar-refractivity contribution < 1.29 is 0 Å². The van der Waals surface area contributed by atoms with Crippen LogP contribution in [0.1, 0.15) is 19.3 Å². The van der Waals surface area contributed by atoms with Gasteiger partial charge in [-0.1, -0.05) is 41.8 Å². The number of nitrogens with zero attached hydrogens (tertiary/aromatic N) is 3. The van der Waals surface area contributed by atoms with Crippen LogP contribution in [-0.2, 0) is 0 Å². The zero-order chi connectivity index (χ0) is 24.9. The smallest absolute Gasteiger partial charge is 0.0900 e. The maximum absolute atomic E-state index is 6.20. The van der Waals surface area contributed by atoms with E-state index in [1.165, 1.54) is 0 Å². The molecule has 0 atom stereocenters. The lowest BCUT2D eigenvalue weighted by Crippen LogP contribution is -2.15. The van der Waals surface area contributed by atoms with Crippen molar-refractivity contribution in [2.75, 3.05) is 18.4 Å². The Kier molecular flexibility index (Phi) is 7.52. The lowest BCUT2D eigenvalue weighted by molar-refractivity contribution is 0.690. The summed E-state index contributed by atoms with van der Waals surface area (Å²) in [5.41, 5.74) is 12.3. The third-order valence-corrected chi connectivity index (χ3v) is 6.55. The van der Waals surface area contributed by atoms with Crippen LogP contribution in [0.4, 0.5) is 11.4 Å². The van der Waals surface area contributed by atoms with Gasteiger partial charge in [0.1, 0.15) is 0 Å². The fourth-order valence-corrected chi connectivity index (χ4v) is 4.51. The zero-order valence-corrected chi connectivity index (χ0v) is 21.3. The number of nitrogens with two attached hydrogens (primary N) is 1. The first kappa shape index (κ1) is 24.3. The number of aromatic nitrogens is 2. The largest absolute Gasteiger partial charge is 0.354 e. The molecule has 0 bridgehead atoms. The van der Waals surface area contributed by atoms with Crippen LogP contribution in [-0.4, -0.2) is 22.6 Å². The quantitative estimate of drug-likeness (QED) is 0.169. The standard InChI is InChI=1S/C29H27Cl2N5/c30-20-8-12-22(13-9-20)34-26-18-27-29(19-25(26)33-17-5-1-4-16-32)36(23-14-10-21(31)11-15-23)28-7-3-2-6-24(28)35-27/h2-3,6-15,18-19,34H,1,4-5,16-17,32H2. The van der Waals surface area contributed by atoms with Crippen molar-refractivity contribution in [1.29, 1.82) is 0 Å². The molecule has 182 valence electrons. The van der Waals surface area contributed by atoms with Crippen LogP contribution < -0.4 is 16.4 Å². The summed E-state index contributed by atoms with van der Waals surface area (Å²) in [4.78, 5) is 9.98. The van der Waals surface area contributed by atoms with Crippen LogP contribution in [0.25, 0.3) is 28.1 Å². The summed E-state index contributed by atoms with van der Waals surface area (Å²) in [5.74, 6) is 0. The summed E-state index contributed by atoms with van der Waals surface area (Å²) in [7, 11) is 0. The molecule has 5 nitrogen and oxygen atoms in total. The predicted octanol–water partition coefficient (Wildman–Crippen LogP) is 7.21. The Labute approximate surface area is 220 Å². The van der Waals surface area contributed by atoms with Gasteiger partial charge in [0.05, 0.1) is 33.5 Å². The van der Waals surface area contributed by atoms with Crippen LogP contribution >= 0.6 is 23.2 Å². The molecule has 2 aliphatic rings. The van der Waals surface area contributed by atoms with E-state index in [1.807, 2.05) is 66.7 Å². The van der Waals surface area contributed by atoms with Crippen molar-refractivity contribution in [3.63, 3.8) is 0 Å². The third kappa shape index (κ3) is 5.39. The van der Waals surface area contributed by atoms with Crippen molar-refractivity contribution in [1.82, 2.24) is 9.55 Å². The summed E-state index contributed by atoms with van der Waals surface area (Å²) in [6.07, 6.45) is 3.06. The number of unbranched alkanes of at least 4 members (excludes halogenated alkanes) is 2. The average Bonchev–Trinajstić information content (AvgIpc) is 2.89. The van der Waals surface area contributed by atoms with Gasteiger partial charge in [-0.05, 0) is 92.2 Å². The van der Waals surface area contributed by atoms with Gasteiger partial charge in [-0.3, -0.25) is 4.99 Å². The molecule has 1 aliphatic heterocycles. The van der Waals surface area contributed by atoms with Crippen molar-refractivity contribution in [2.45, 2.75) is 19.3 Å². The van der Waals surface area contributed by atoms with Crippen LogP contribution in [0.15, 0.2) is 89.9 Å². The van der Waals surface area contributed by atoms with E-state index in [2.05, 4.69) is 28.1 Å². The van der Waals surface area contributed by atoms with Crippen molar-refractivity contribution in [3.8, 4) is 17.1 Å². The highest BCUT2D eigenvalue weighted by Crippen LogP contribution is 2.31. The maximum atomic E-state index is 6.20. The minimum Gasteiger partial charge on any atom is -0.354 e. The Bertz CT molecular complexity index is 1510. The molecule has 0 saturated carbocycles. The minimum absolute atomic E-state index is 0.695. The Hall–Kier alpha value is -3.38. The van der Waals surface area contributed by atoms with Crippen molar-refractivity contribution in [3.05, 3.63) is 100 Å². The molecule has 0 fully saturated rings. The number of hydrogen-bond acceptors (Lipinski definition) is 4. The van der Waals surface area contributed by atoms with E-state index in [-0.39, 0.29) is 0 Å². The first-order valence-electron chi connectivity index (χ1n) is 12.1. The summed E-state index contributed by atoms with van der Waals surface area (Å²) in [6.45, 7) is 1.43. The molecule has 0 amide bonds. The minimum atomic E-state index is 0.695. The molecule has 0 saturated heterocycles. The molecule has 3 N–H and O–H groups in total. The van der Waals surface area contributed by atoms with E-state index in [9.17, 15) is 0 Å². The molecule has 3 aromatic carbocycles. The first-order chi connectivity index (χ1) is 17.6. The van der Waals surface area contributed by atoms with E-state index >= 15 is 0 Å². The molecule has 0 spiro atoms. The second kappa shape index (κ2) is 11.1. The van der Waals surface area contributed by atoms with Gasteiger partial charge in [0, 0.05) is 28.0 Å². The van der Waals surface area contributed by atoms with E-state index < -0.39 is 0 Å². The molecule has 0 aromatic heterocycles. The molecule has 3 aromatic rings. The number of hydrogen-bond donors (Lipinski definition) is 2. The van der Waals surface area contributed by atoms with Crippen LogP contribution in [0.2, 0.25) is 10.0 Å². The number of rotatable bonds is 8. The Balaban J connectivity index is 1.70. The highest BCUT2D eigenvalue weighted by atomic mass is 35.5. The number of anilines is 2. The second-order valence-electron chi connectivity index (χ2n) is 8.63. The van der Waals surface area contributed by atoms with E-state index in [0.29, 0.717) is 16.6 Å². The van der Waals surface area contributed by atoms with Crippen LogP contribution in [0, 0.1) is 0 Å². The van der Waals surface area contributed by atoms with Crippen LogP contribution in [0.3, 0.4) is 0 Å². The number of benzene rings is 4. The summed E-state index contributed by atoms with van der Waals surface area (Å²) < 4.78 is 2.22. The summed E-state index contributed by atoms with van der Waals surface area (Å²) in [5, 5.41) is 5.79. The fourth-order valence-electron chi connectivity index (χ4n) is 4.26. The Morgan fingerprint density at radius 3 is 2.31 bits per heavy atom. The summed E-state index contributed by atoms with van der Waals surface area (Å²) in [6, 6.07) is 27.9. The molecule has 1 heterocycles. The van der Waals surface area contributed by atoms with E-state index in [4.69, 9.17) is 38.9 Å². The molecule has 1 aliphatic carbocycles. The van der Waals surface area contributed by atoms with Gasteiger partial charge < -0.3 is 15.6 Å². The Morgan fingerprint density at radius 2 is 1.56 bits per heavy atom. The fraction of sp³-hybridized carbons (Fsp3) is 0.172. The van der Waals surface area contributed by atoms with Gasteiger partial charge in [-0.25, -0.2) is 4.98 Å². The lowest BCUT2D eigenvalue weighted by atomic mass is 10.1. The van der Waals surface area contributed by atoms with Crippen LogP contribution in [0.5, 0.6) is 0 Å². The molecule has 0 unspecified atom stereocenters. The zero-order valence-electron chi connectivity index (χ0n) is 19.8. The van der Waals surface area contributed by atoms with Gasteiger partial charge in [0.25, 0.3) is 0 Å². The molecule has 5 rings (SSSR count). The maximum Gasteiger partial charge on any atom is 0.0900 e. The monoisotopic (exact) mass is 515 g/mol. The molecular formula is C29H27Cl2N5. The van der Waals surface area contributed by atoms with E-state index in [0.717, 1.165) is 70.6 Å². The lowest BCUT2D eigenvalue weighted by Gasteiger charge is -2.20. The number of nitrogens with one attached hydrogen (secondary N) is 1. The predicted molar refractivity (Wildman–Crippen MR) is 151 cm³/mol. The summed E-state index contributed by atoms with van der Waals surface area (Å²) >= 11 is 12.3. The Morgan fingerprint density at radius 1 is 0.833 bits per heavy atom. The number of fused-ring (bicyclic) bond motifs is 2. The van der Waals surface area contributed by atoms with Gasteiger partial charge in [0.15, 0.2) is 0 Å². The molecule has 36 heavy (non-hydrogen) atoms. The topological polar surface area (TPSA) is 68.2 Å². The van der Waals surface area contributed by atoms with E-state index in [1.54, 1.807) is 0 Å².